The van der Waals surface area contributed by atoms with Gasteiger partial charge in [0.2, 0.25) is 0 Å². The van der Waals surface area contributed by atoms with Crippen molar-refractivity contribution in [3.63, 3.8) is 0 Å². The lowest BCUT2D eigenvalue weighted by Crippen LogP contribution is -2.20. The average Bonchev–Trinajstić information content (AvgIpc) is 3.40. The van der Waals surface area contributed by atoms with Crippen molar-refractivity contribution in [2.45, 2.75) is 6.92 Å². The molecule has 172 valence electrons. The van der Waals surface area contributed by atoms with E-state index in [1.54, 1.807) is 42.1 Å². The standard InChI is InChI=1S/C25H19Cl2N3O3S/c1-4-33-25(32)20-12-34-22(28-20)13-5-8-21-16(9-13)17-11-18(15-7-6-14(26)10-19(15)27)24(31)30(3)23(17)29(21)2/h5-12H,4H2,1-3H3. The third-order valence-electron chi connectivity index (χ3n) is 5.81. The van der Waals surface area contributed by atoms with Crippen LogP contribution in [0.2, 0.25) is 10.0 Å². The van der Waals surface area contributed by atoms with Crippen LogP contribution in [0, 0.1) is 0 Å². The first-order chi connectivity index (χ1) is 16.3. The Bertz CT molecular complexity index is 1670. The number of aromatic nitrogens is 3. The first kappa shape index (κ1) is 22.7. The second-order valence-corrected chi connectivity index (χ2v) is 9.53. The summed E-state index contributed by atoms with van der Waals surface area (Å²) in [6, 6.07) is 13.0. The highest BCUT2D eigenvalue weighted by Crippen LogP contribution is 2.35. The van der Waals surface area contributed by atoms with E-state index in [1.807, 2.05) is 35.9 Å². The summed E-state index contributed by atoms with van der Waals surface area (Å²) in [5.41, 5.74) is 3.89. The Kier molecular flexibility index (Phi) is 5.72. The van der Waals surface area contributed by atoms with Gasteiger partial charge in [-0.2, -0.15) is 0 Å². The summed E-state index contributed by atoms with van der Waals surface area (Å²) in [5, 5.41) is 5.21. The van der Waals surface area contributed by atoms with Crippen molar-refractivity contribution in [3.05, 3.63) is 73.9 Å². The molecule has 0 fully saturated rings. The van der Waals surface area contributed by atoms with Crippen LogP contribution in [0.5, 0.6) is 0 Å². The Morgan fingerprint density at radius 2 is 1.82 bits per heavy atom. The Balaban J connectivity index is 1.73. The van der Waals surface area contributed by atoms with Crippen molar-refractivity contribution in [2.75, 3.05) is 6.61 Å². The van der Waals surface area contributed by atoms with Crippen molar-refractivity contribution >= 4 is 62.4 Å². The van der Waals surface area contributed by atoms with Gasteiger partial charge < -0.3 is 9.30 Å². The third kappa shape index (κ3) is 3.60. The number of ether oxygens (including phenoxy) is 1. The van der Waals surface area contributed by atoms with Gasteiger partial charge in [-0.05, 0) is 43.3 Å². The summed E-state index contributed by atoms with van der Waals surface area (Å²) in [4.78, 5) is 29.8. The van der Waals surface area contributed by atoms with Gasteiger partial charge in [0.1, 0.15) is 10.7 Å². The lowest BCUT2D eigenvalue weighted by Gasteiger charge is -2.09. The first-order valence-corrected chi connectivity index (χ1v) is 12.1. The van der Waals surface area contributed by atoms with E-state index in [0.29, 0.717) is 38.5 Å². The number of rotatable bonds is 4. The molecule has 0 amide bonds. The number of esters is 1. The van der Waals surface area contributed by atoms with E-state index in [-0.39, 0.29) is 5.56 Å². The number of pyridine rings is 1. The van der Waals surface area contributed by atoms with E-state index < -0.39 is 5.97 Å². The molecule has 2 aromatic carbocycles. The molecule has 0 aliphatic rings. The molecule has 0 saturated carbocycles. The van der Waals surface area contributed by atoms with Crippen LogP contribution in [0.15, 0.2) is 52.6 Å². The fraction of sp³-hybridized carbons (Fsp3) is 0.160. The summed E-state index contributed by atoms with van der Waals surface area (Å²) in [6.45, 7) is 2.06. The second-order valence-electron chi connectivity index (χ2n) is 7.83. The fourth-order valence-electron chi connectivity index (χ4n) is 4.23. The molecule has 0 aliphatic heterocycles. The number of nitrogens with zero attached hydrogens (tertiary/aromatic N) is 3. The number of halogens is 2. The van der Waals surface area contributed by atoms with Crippen LogP contribution in [0.25, 0.3) is 43.6 Å². The molecule has 9 heteroatoms. The molecule has 34 heavy (non-hydrogen) atoms. The van der Waals surface area contributed by atoms with Crippen LogP contribution in [0.4, 0.5) is 0 Å². The Morgan fingerprint density at radius 3 is 2.56 bits per heavy atom. The van der Waals surface area contributed by atoms with Gasteiger partial charge in [-0.3, -0.25) is 9.36 Å². The number of carbonyl (C=O) groups excluding carboxylic acids is 1. The molecule has 0 radical (unpaired) electrons. The minimum Gasteiger partial charge on any atom is -0.461 e. The highest BCUT2D eigenvalue weighted by atomic mass is 35.5. The number of fused-ring (bicyclic) bond motifs is 3. The van der Waals surface area contributed by atoms with Crippen LogP contribution in [0.1, 0.15) is 17.4 Å². The van der Waals surface area contributed by atoms with Crippen LogP contribution >= 0.6 is 34.5 Å². The zero-order valence-corrected chi connectivity index (χ0v) is 20.9. The maximum absolute atomic E-state index is 13.3. The molecule has 5 aromatic rings. The number of hydrogen-bond donors (Lipinski definition) is 0. The second kappa shape index (κ2) is 8.58. The topological polar surface area (TPSA) is 66.1 Å². The molecule has 3 heterocycles. The van der Waals surface area contributed by atoms with Crippen LogP contribution in [-0.4, -0.2) is 26.7 Å². The molecular weight excluding hydrogens is 493 g/mol. The highest BCUT2D eigenvalue weighted by molar-refractivity contribution is 7.13. The SMILES string of the molecule is CCOC(=O)c1csc(-c2ccc3c(c2)c2cc(-c4ccc(Cl)cc4Cl)c(=O)n(C)c2n3C)n1. The highest BCUT2D eigenvalue weighted by Gasteiger charge is 2.19. The normalized spacial score (nSPS) is 11.4. The molecule has 0 atom stereocenters. The van der Waals surface area contributed by atoms with Gasteiger partial charge in [0.25, 0.3) is 5.56 Å². The molecule has 0 bridgehead atoms. The van der Waals surface area contributed by atoms with Crippen LogP contribution < -0.4 is 5.56 Å². The molecule has 0 N–H and O–H groups in total. The number of thiazole rings is 1. The lowest BCUT2D eigenvalue weighted by molar-refractivity contribution is 0.0520. The number of carbonyl (C=O) groups is 1. The van der Waals surface area contributed by atoms with E-state index in [2.05, 4.69) is 4.98 Å². The zero-order valence-electron chi connectivity index (χ0n) is 18.6. The van der Waals surface area contributed by atoms with E-state index in [1.165, 1.54) is 11.3 Å². The summed E-state index contributed by atoms with van der Waals surface area (Å²) in [5.74, 6) is -0.435. The number of aryl methyl sites for hydroxylation is 2. The zero-order chi connectivity index (χ0) is 24.1. The molecule has 0 aliphatic carbocycles. The first-order valence-electron chi connectivity index (χ1n) is 10.5. The third-order valence-corrected chi connectivity index (χ3v) is 7.24. The molecule has 5 rings (SSSR count). The molecule has 6 nitrogen and oxygen atoms in total. The largest absolute Gasteiger partial charge is 0.461 e. The maximum Gasteiger partial charge on any atom is 0.357 e. The van der Waals surface area contributed by atoms with Crippen molar-refractivity contribution in [1.29, 1.82) is 0 Å². The summed E-state index contributed by atoms with van der Waals surface area (Å²) in [6.07, 6.45) is 0. The van der Waals surface area contributed by atoms with Crippen molar-refractivity contribution in [2.24, 2.45) is 14.1 Å². The average molecular weight is 512 g/mol. The van der Waals surface area contributed by atoms with Crippen molar-refractivity contribution < 1.29 is 9.53 Å². The monoisotopic (exact) mass is 511 g/mol. The predicted octanol–water partition coefficient (Wildman–Crippen LogP) is 6.30. The van der Waals surface area contributed by atoms with Crippen LogP contribution in [-0.2, 0) is 18.8 Å². The van der Waals surface area contributed by atoms with Gasteiger partial charge in [-0.15, -0.1) is 11.3 Å². The minimum atomic E-state index is -0.435. The molecule has 3 aromatic heterocycles. The Labute approximate surface area is 208 Å². The molecule has 0 spiro atoms. The van der Waals surface area contributed by atoms with Crippen molar-refractivity contribution in [3.8, 4) is 21.7 Å². The van der Waals surface area contributed by atoms with E-state index >= 15 is 0 Å². The maximum atomic E-state index is 13.3. The molecule has 0 saturated heterocycles. The van der Waals surface area contributed by atoms with Gasteiger partial charge in [0.05, 0.1) is 17.1 Å². The quantitative estimate of drug-likeness (QED) is 0.265. The fourth-order valence-corrected chi connectivity index (χ4v) is 5.53. The summed E-state index contributed by atoms with van der Waals surface area (Å²) in [7, 11) is 3.69. The van der Waals surface area contributed by atoms with Gasteiger partial charge in [0, 0.05) is 52.0 Å². The summed E-state index contributed by atoms with van der Waals surface area (Å²) >= 11 is 13.9. The van der Waals surface area contributed by atoms with Gasteiger partial charge in [0.15, 0.2) is 5.69 Å². The van der Waals surface area contributed by atoms with E-state index in [4.69, 9.17) is 27.9 Å². The number of hydrogen-bond acceptors (Lipinski definition) is 5. The van der Waals surface area contributed by atoms with E-state index in [9.17, 15) is 9.59 Å². The van der Waals surface area contributed by atoms with E-state index in [0.717, 1.165) is 27.5 Å². The lowest BCUT2D eigenvalue weighted by atomic mass is 10.0. The number of benzene rings is 2. The predicted molar refractivity (Wildman–Crippen MR) is 138 cm³/mol. The minimum absolute atomic E-state index is 0.151. The Morgan fingerprint density at radius 1 is 1.03 bits per heavy atom. The van der Waals surface area contributed by atoms with Gasteiger partial charge >= 0.3 is 5.97 Å². The van der Waals surface area contributed by atoms with Crippen LogP contribution in [0.3, 0.4) is 0 Å². The summed E-state index contributed by atoms with van der Waals surface area (Å²) < 4.78 is 8.69. The molecular formula is C25H19Cl2N3O3S. The molecule has 0 unspecified atom stereocenters. The smallest absolute Gasteiger partial charge is 0.357 e. The van der Waals surface area contributed by atoms with Gasteiger partial charge in [-0.25, -0.2) is 9.78 Å². The van der Waals surface area contributed by atoms with Crippen molar-refractivity contribution in [1.82, 2.24) is 14.1 Å². The van der Waals surface area contributed by atoms with Gasteiger partial charge in [-0.1, -0.05) is 29.3 Å². The Hall–Kier alpha value is -3.13.